The standard InChI is InChI=1S/C6H6N2O4/c1-12-6(11)4-7-2-3(8-4)5(9)10/h2H,1H3,(H,7,8)(H,9,10). The number of carbonyl (C=O) groups excluding carboxylic acids is 1. The van der Waals surface area contributed by atoms with Crippen LogP contribution >= 0.6 is 0 Å². The number of aromatic nitrogens is 2. The van der Waals surface area contributed by atoms with Crippen LogP contribution in [-0.4, -0.2) is 34.1 Å². The van der Waals surface area contributed by atoms with Crippen molar-refractivity contribution in [3.8, 4) is 0 Å². The monoisotopic (exact) mass is 170 g/mol. The number of hydrogen-bond acceptors (Lipinski definition) is 4. The Bertz CT molecular complexity index is 317. The van der Waals surface area contributed by atoms with Crippen molar-refractivity contribution in [3.63, 3.8) is 0 Å². The molecule has 1 aromatic rings. The molecule has 1 aromatic heterocycles. The van der Waals surface area contributed by atoms with E-state index >= 15 is 0 Å². The maximum Gasteiger partial charge on any atom is 0.374 e. The average Bonchev–Trinajstić information content (AvgIpc) is 2.51. The summed E-state index contributed by atoms with van der Waals surface area (Å²) in [4.78, 5) is 26.8. The van der Waals surface area contributed by atoms with Gasteiger partial charge in [-0.1, -0.05) is 0 Å². The molecule has 0 aliphatic carbocycles. The molecule has 0 spiro atoms. The molecule has 6 nitrogen and oxygen atoms in total. The molecule has 12 heavy (non-hydrogen) atoms. The number of aromatic carboxylic acids is 1. The average molecular weight is 170 g/mol. The van der Waals surface area contributed by atoms with E-state index in [0.29, 0.717) is 0 Å². The Hall–Kier alpha value is -1.85. The van der Waals surface area contributed by atoms with Crippen molar-refractivity contribution in [1.29, 1.82) is 0 Å². The third-order valence-electron chi connectivity index (χ3n) is 1.18. The molecule has 1 heterocycles. The van der Waals surface area contributed by atoms with Gasteiger partial charge in [-0.25, -0.2) is 14.6 Å². The van der Waals surface area contributed by atoms with Crippen molar-refractivity contribution in [2.24, 2.45) is 0 Å². The predicted molar refractivity (Wildman–Crippen MR) is 36.9 cm³/mol. The fourth-order valence-electron chi connectivity index (χ4n) is 0.630. The van der Waals surface area contributed by atoms with Crippen LogP contribution in [0.1, 0.15) is 21.1 Å². The van der Waals surface area contributed by atoms with Gasteiger partial charge in [0.15, 0.2) is 0 Å². The second-order valence-corrected chi connectivity index (χ2v) is 1.94. The Labute approximate surface area is 67.2 Å². The molecule has 0 unspecified atom stereocenters. The van der Waals surface area contributed by atoms with Gasteiger partial charge in [0.2, 0.25) is 5.82 Å². The number of methoxy groups -OCH3 is 1. The van der Waals surface area contributed by atoms with E-state index in [4.69, 9.17) is 5.11 Å². The normalized spacial score (nSPS) is 9.42. The number of nitrogens with one attached hydrogen (secondary N) is 1. The predicted octanol–water partition coefficient (Wildman–Crippen LogP) is -0.105. The Balaban J connectivity index is 2.91. The van der Waals surface area contributed by atoms with E-state index in [-0.39, 0.29) is 11.5 Å². The Kier molecular flexibility index (Phi) is 2.09. The van der Waals surface area contributed by atoms with Crippen molar-refractivity contribution < 1.29 is 19.4 Å². The Morgan fingerprint density at radius 3 is 2.75 bits per heavy atom. The highest BCUT2D eigenvalue weighted by atomic mass is 16.5. The molecule has 0 amide bonds. The zero-order valence-corrected chi connectivity index (χ0v) is 6.20. The minimum atomic E-state index is -1.17. The van der Waals surface area contributed by atoms with Crippen LogP contribution in [-0.2, 0) is 4.74 Å². The number of aromatic amines is 1. The molecule has 0 bridgehead atoms. The van der Waals surface area contributed by atoms with Gasteiger partial charge in [-0.05, 0) is 0 Å². The van der Waals surface area contributed by atoms with Gasteiger partial charge in [-0.2, -0.15) is 0 Å². The molecule has 64 valence electrons. The third-order valence-corrected chi connectivity index (χ3v) is 1.18. The van der Waals surface area contributed by atoms with Crippen LogP contribution in [0.2, 0.25) is 0 Å². The van der Waals surface area contributed by atoms with Crippen LogP contribution in [0.4, 0.5) is 0 Å². The van der Waals surface area contributed by atoms with Crippen molar-refractivity contribution in [2.75, 3.05) is 7.11 Å². The Morgan fingerprint density at radius 1 is 1.67 bits per heavy atom. The molecule has 6 heteroatoms. The lowest BCUT2D eigenvalue weighted by atomic mass is 10.5. The van der Waals surface area contributed by atoms with E-state index in [9.17, 15) is 9.59 Å². The lowest BCUT2D eigenvalue weighted by molar-refractivity contribution is 0.0588. The summed E-state index contributed by atoms with van der Waals surface area (Å²) in [6.07, 6.45) is 1.05. The fourth-order valence-corrected chi connectivity index (χ4v) is 0.630. The van der Waals surface area contributed by atoms with Gasteiger partial charge in [-0.15, -0.1) is 0 Å². The quantitative estimate of drug-likeness (QED) is 0.604. The number of carbonyl (C=O) groups is 2. The highest BCUT2D eigenvalue weighted by molar-refractivity contribution is 5.89. The summed E-state index contributed by atoms with van der Waals surface area (Å²) in [7, 11) is 1.19. The number of carboxylic acid groups (broad SMARTS) is 1. The number of nitrogens with zero attached hydrogens (tertiary/aromatic N) is 1. The lowest BCUT2D eigenvalue weighted by Crippen LogP contribution is -2.04. The summed E-state index contributed by atoms with van der Waals surface area (Å²) in [5.74, 6) is -1.98. The van der Waals surface area contributed by atoms with Crippen LogP contribution < -0.4 is 0 Å². The summed E-state index contributed by atoms with van der Waals surface area (Å²) in [6.45, 7) is 0. The van der Waals surface area contributed by atoms with E-state index in [2.05, 4.69) is 14.7 Å². The van der Waals surface area contributed by atoms with Gasteiger partial charge < -0.3 is 14.8 Å². The van der Waals surface area contributed by atoms with Crippen LogP contribution in [0.5, 0.6) is 0 Å². The second-order valence-electron chi connectivity index (χ2n) is 1.94. The number of carboxylic acids is 1. The van der Waals surface area contributed by atoms with Crippen LogP contribution in [0.15, 0.2) is 6.20 Å². The third kappa shape index (κ3) is 1.42. The molecule has 1 rings (SSSR count). The molecule has 0 atom stereocenters. The number of esters is 1. The minimum absolute atomic E-state index is 0.116. The first kappa shape index (κ1) is 8.25. The van der Waals surface area contributed by atoms with Crippen molar-refractivity contribution in [2.45, 2.75) is 0 Å². The number of rotatable bonds is 2. The lowest BCUT2D eigenvalue weighted by Gasteiger charge is -1.91. The largest absolute Gasteiger partial charge is 0.477 e. The maximum absolute atomic E-state index is 10.7. The van der Waals surface area contributed by atoms with Crippen LogP contribution in [0.3, 0.4) is 0 Å². The number of ether oxygens (including phenoxy) is 1. The second kappa shape index (κ2) is 3.04. The van der Waals surface area contributed by atoms with Crippen molar-refractivity contribution in [1.82, 2.24) is 9.97 Å². The number of H-pyrrole nitrogens is 1. The molecule has 0 aromatic carbocycles. The van der Waals surface area contributed by atoms with Gasteiger partial charge in [0.25, 0.3) is 0 Å². The van der Waals surface area contributed by atoms with E-state index < -0.39 is 11.9 Å². The molecule has 0 aliphatic heterocycles. The molecular formula is C6H6N2O4. The van der Waals surface area contributed by atoms with E-state index in [1.54, 1.807) is 0 Å². The number of imidazole rings is 1. The maximum atomic E-state index is 10.7. The molecule has 0 saturated heterocycles. The first-order valence-corrected chi connectivity index (χ1v) is 3.01. The van der Waals surface area contributed by atoms with Crippen LogP contribution in [0, 0.1) is 0 Å². The first-order chi connectivity index (χ1) is 5.65. The summed E-state index contributed by atoms with van der Waals surface area (Å²) in [5.41, 5.74) is -0.143. The van der Waals surface area contributed by atoms with Gasteiger partial charge in [0.05, 0.1) is 13.3 Å². The van der Waals surface area contributed by atoms with Gasteiger partial charge in [-0.3, -0.25) is 0 Å². The molecule has 0 radical (unpaired) electrons. The highest BCUT2D eigenvalue weighted by Gasteiger charge is 2.12. The smallest absolute Gasteiger partial charge is 0.374 e. The van der Waals surface area contributed by atoms with Gasteiger partial charge in [0, 0.05) is 0 Å². The van der Waals surface area contributed by atoms with E-state index in [1.807, 2.05) is 0 Å². The first-order valence-electron chi connectivity index (χ1n) is 3.01. The topological polar surface area (TPSA) is 92.3 Å². The van der Waals surface area contributed by atoms with Crippen LogP contribution in [0.25, 0.3) is 0 Å². The molecule has 2 N–H and O–H groups in total. The highest BCUT2D eigenvalue weighted by Crippen LogP contribution is 1.97. The summed E-state index contributed by atoms with van der Waals surface area (Å²) in [6, 6.07) is 0. The minimum Gasteiger partial charge on any atom is -0.477 e. The zero-order valence-electron chi connectivity index (χ0n) is 6.20. The fraction of sp³-hybridized carbons (Fsp3) is 0.167. The van der Waals surface area contributed by atoms with E-state index in [0.717, 1.165) is 6.20 Å². The van der Waals surface area contributed by atoms with Crippen molar-refractivity contribution >= 4 is 11.9 Å². The molecule has 0 saturated carbocycles. The van der Waals surface area contributed by atoms with E-state index in [1.165, 1.54) is 7.11 Å². The van der Waals surface area contributed by atoms with Gasteiger partial charge >= 0.3 is 11.9 Å². The zero-order chi connectivity index (χ0) is 9.14. The summed E-state index contributed by atoms with van der Waals surface area (Å²) < 4.78 is 4.30. The number of hydrogen-bond donors (Lipinski definition) is 2. The Morgan fingerprint density at radius 2 is 2.33 bits per heavy atom. The van der Waals surface area contributed by atoms with Gasteiger partial charge in [0.1, 0.15) is 5.69 Å². The molecule has 0 fully saturated rings. The SMILES string of the molecule is COC(=O)c1ncc(C(=O)O)[nH]1. The summed E-state index contributed by atoms with van der Waals surface area (Å²) >= 11 is 0. The van der Waals surface area contributed by atoms with Crippen molar-refractivity contribution in [3.05, 3.63) is 17.7 Å². The summed E-state index contributed by atoms with van der Waals surface area (Å²) in [5, 5.41) is 8.43. The molecule has 0 aliphatic rings. The molecular weight excluding hydrogens is 164 g/mol.